The maximum atomic E-state index is 14.7. The Labute approximate surface area is 263 Å². The molecule has 4 aliphatic rings. The molecular formula is C36H54O8. The van der Waals surface area contributed by atoms with Crippen molar-refractivity contribution in [3.63, 3.8) is 0 Å². The van der Waals surface area contributed by atoms with Crippen LogP contribution in [-0.4, -0.2) is 63.1 Å². The minimum absolute atomic E-state index is 0.157. The molecule has 2 bridgehead atoms. The largest absolute Gasteiger partial charge is 0.458 e. The van der Waals surface area contributed by atoms with Crippen molar-refractivity contribution < 1.29 is 39.2 Å². The molecule has 2 saturated carbocycles. The molecule has 3 N–H and O–H groups in total. The summed E-state index contributed by atoms with van der Waals surface area (Å²) in [7, 11) is 0. The normalized spacial score (nSPS) is 36.6. The van der Waals surface area contributed by atoms with Gasteiger partial charge in [0.15, 0.2) is 5.78 Å². The van der Waals surface area contributed by atoms with Crippen LogP contribution in [0.5, 0.6) is 0 Å². The Morgan fingerprint density at radius 2 is 1.61 bits per heavy atom. The Morgan fingerprint density at radius 1 is 1.00 bits per heavy atom. The first-order valence-electron chi connectivity index (χ1n) is 16.6. The van der Waals surface area contributed by atoms with Crippen LogP contribution in [-0.2, 0) is 23.9 Å². The Hall–Kier alpha value is -2.29. The minimum atomic E-state index is -2.28. The van der Waals surface area contributed by atoms with Crippen LogP contribution in [0.3, 0.4) is 0 Å². The van der Waals surface area contributed by atoms with E-state index < -0.39 is 58.0 Å². The maximum Gasteiger partial charge on any atom is 0.333 e. The predicted octanol–water partition coefficient (Wildman–Crippen LogP) is 5.53. The van der Waals surface area contributed by atoms with Crippen molar-refractivity contribution in [2.24, 2.45) is 28.6 Å². The Bertz CT molecular complexity index is 1250. The molecule has 0 radical (unpaired) electrons. The number of Topliss-reactive ketones (excluding diaryl/α,β-unsaturated/α-hetero) is 1. The highest BCUT2D eigenvalue weighted by atomic mass is 16.6. The van der Waals surface area contributed by atoms with Gasteiger partial charge in [-0.05, 0) is 57.6 Å². The summed E-state index contributed by atoms with van der Waals surface area (Å²) in [5.74, 6) is -2.99. The summed E-state index contributed by atoms with van der Waals surface area (Å²) in [6, 6.07) is 0. The van der Waals surface area contributed by atoms with Gasteiger partial charge in [0.05, 0.1) is 5.41 Å². The van der Waals surface area contributed by atoms with Crippen LogP contribution in [0.1, 0.15) is 113 Å². The van der Waals surface area contributed by atoms with E-state index >= 15 is 0 Å². The Morgan fingerprint density at radius 3 is 2.23 bits per heavy atom. The number of ketones is 1. The first kappa shape index (κ1) is 34.6. The zero-order valence-corrected chi connectivity index (χ0v) is 28.0. The summed E-state index contributed by atoms with van der Waals surface area (Å²) in [4.78, 5) is 40.8. The van der Waals surface area contributed by atoms with Crippen LogP contribution in [0.25, 0.3) is 0 Å². The number of esters is 2. The molecule has 0 aliphatic heterocycles. The summed E-state index contributed by atoms with van der Waals surface area (Å²) in [5, 5.41) is 35.5. The van der Waals surface area contributed by atoms with Gasteiger partial charge in [0.25, 0.3) is 0 Å². The van der Waals surface area contributed by atoms with E-state index in [1.165, 1.54) is 19.3 Å². The molecule has 8 heteroatoms. The highest BCUT2D eigenvalue weighted by Crippen LogP contribution is 2.75. The highest BCUT2D eigenvalue weighted by molar-refractivity contribution is 5.96. The topological polar surface area (TPSA) is 130 Å². The highest BCUT2D eigenvalue weighted by Gasteiger charge is 2.83. The smallest absolute Gasteiger partial charge is 0.333 e. The molecule has 246 valence electrons. The van der Waals surface area contributed by atoms with Crippen molar-refractivity contribution >= 4 is 17.7 Å². The minimum Gasteiger partial charge on any atom is -0.458 e. The Kier molecular flexibility index (Phi) is 9.81. The number of aliphatic hydroxyl groups is 3. The molecule has 0 saturated heterocycles. The van der Waals surface area contributed by atoms with Crippen LogP contribution in [0.2, 0.25) is 0 Å². The molecule has 0 aromatic rings. The molecule has 0 heterocycles. The number of unbranched alkanes of at least 4 members (excludes halogenated alkanes) is 6. The molecule has 44 heavy (non-hydrogen) atoms. The fourth-order valence-electron chi connectivity index (χ4n) is 8.66. The fourth-order valence-corrected chi connectivity index (χ4v) is 8.66. The van der Waals surface area contributed by atoms with E-state index in [2.05, 4.69) is 6.92 Å². The molecule has 2 unspecified atom stereocenters. The first-order valence-corrected chi connectivity index (χ1v) is 16.6. The van der Waals surface area contributed by atoms with Crippen molar-refractivity contribution in [2.75, 3.05) is 6.61 Å². The van der Waals surface area contributed by atoms with Gasteiger partial charge in [-0.2, -0.15) is 0 Å². The molecule has 0 amide bonds. The second-order valence-electron chi connectivity index (χ2n) is 14.8. The third-order valence-electron chi connectivity index (χ3n) is 11.6. The lowest BCUT2D eigenvalue weighted by Crippen LogP contribution is -2.65. The lowest BCUT2D eigenvalue weighted by molar-refractivity contribution is -0.192. The number of carbonyl (C=O) groups excluding carboxylic acids is 3. The number of allylic oxidation sites excluding steroid dienone is 2. The van der Waals surface area contributed by atoms with Crippen molar-refractivity contribution in [3.8, 4) is 0 Å². The number of carbonyl (C=O) groups is 3. The molecule has 2 fully saturated rings. The van der Waals surface area contributed by atoms with E-state index in [0.717, 1.165) is 31.3 Å². The maximum absolute atomic E-state index is 14.7. The van der Waals surface area contributed by atoms with E-state index in [1.54, 1.807) is 39.8 Å². The van der Waals surface area contributed by atoms with Crippen LogP contribution in [0, 0.1) is 28.6 Å². The summed E-state index contributed by atoms with van der Waals surface area (Å²) in [6.45, 7) is 14.5. The third kappa shape index (κ3) is 5.23. The predicted molar refractivity (Wildman–Crippen MR) is 167 cm³/mol. The molecule has 8 nitrogen and oxygen atoms in total. The van der Waals surface area contributed by atoms with Gasteiger partial charge < -0.3 is 24.8 Å². The van der Waals surface area contributed by atoms with E-state index in [1.807, 2.05) is 20.8 Å². The second-order valence-corrected chi connectivity index (χ2v) is 14.8. The number of fused-ring (bicyclic) bond motifs is 3. The number of aliphatic hydroxyl groups excluding tert-OH is 2. The standard InChI is InChI=1S/C36H54O8/c1-9-10-11-12-13-14-15-16-27(37)44-35-19-23(5)34-18-22(4)29(38)36(34,42)30(39)25(20-43-32(41)24(6)21(2)3)17-26(31(34)40)28(35)33(35,7)8/h17-18,23,26,28-30,38-39,42H,9-16,19-20H2,1-8H3/t23?,26-,28+,29-,30+,34?,35-,36+/m0/s1. The van der Waals surface area contributed by atoms with Crippen LogP contribution < -0.4 is 0 Å². The second kappa shape index (κ2) is 12.5. The monoisotopic (exact) mass is 614 g/mol. The van der Waals surface area contributed by atoms with Gasteiger partial charge in [-0.15, -0.1) is 0 Å². The lowest BCUT2D eigenvalue weighted by atomic mass is 9.59. The van der Waals surface area contributed by atoms with Crippen LogP contribution in [0.15, 0.2) is 34.4 Å². The SMILES string of the molecule is CCCCCCCCCC(=O)O[C@@]12CC(C)C34C=C(C)[C@H](O)[C@@]3(O)[C@H](O)C(COC(=O)C(C)=C(C)C)=C[C@H](C4=O)[C@@H]1C2(C)C. The van der Waals surface area contributed by atoms with E-state index in [0.29, 0.717) is 24.0 Å². The molecule has 0 aromatic heterocycles. The van der Waals surface area contributed by atoms with E-state index in [4.69, 9.17) is 9.47 Å². The quantitative estimate of drug-likeness (QED) is 0.113. The average Bonchev–Trinajstić information content (AvgIpc) is 3.37. The molecule has 4 rings (SSSR count). The van der Waals surface area contributed by atoms with E-state index in [9.17, 15) is 29.7 Å². The average molecular weight is 615 g/mol. The molecule has 1 spiro atoms. The van der Waals surface area contributed by atoms with Gasteiger partial charge in [0, 0.05) is 29.2 Å². The summed E-state index contributed by atoms with van der Waals surface area (Å²) < 4.78 is 11.9. The van der Waals surface area contributed by atoms with Crippen LogP contribution in [0.4, 0.5) is 0 Å². The summed E-state index contributed by atoms with van der Waals surface area (Å²) >= 11 is 0. The van der Waals surface area contributed by atoms with Gasteiger partial charge in [-0.1, -0.05) is 83.9 Å². The summed E-state index contributed by atoms with van der Waals surface area (Å²) in [5.41, 5.74) is -3.65. The summed E-state index contributed by atoms with van der Waals surface area (Å²) in [6.07, 6.45) is 8.25. The van der Waals surface area contributed by atoms with Gasteiger partial charge in [-0.3, -0.25) is 9.59 Å². The molecule has 0 aromatic carbocycles. The van der Waals surface area contributed by atoms with Gasteiger partial charge >= 0.3 is 11.9 Å². The van der Waals surface area contributed by atoms with Crippen molar-refractivity contribution in [1.82, 2.24) is 0 Å². The fraction of sp³-hybridized carbons (Fsp3) is 0.750. The molecule has 4 aliphatic carbocycles. The first-order chi connectivity index (χ1) is 20.5. The number of hydrogen-bond donors (Lipinski definition) is 3. The van der Waals surface area contributed by atoms with Crippen molar-refractivity contribution in [3.05, 3.63) is 34.4 Å². The third-order valence-corrected chi connectivity index (χ3v) is 11.6. The van der Waals surface area contributed by atoms with Gasteiger partial charge in [0.1, 0.15) is 30.0 Å². The van der Waals surface area contributed by atoms with Gasteiger partial charge in [0.2, 0.25) is 0 Å². The molecule has 8 atom stereocenters. The number of hydrogen-bond acceptors (Lipinski definition) is 8. The van der Waals surface area contributed by atoms with E-state index in [-0.39, 0.29) is 23.9 Å². The van der Waals surface area contributed by atoms with Crippen molar-refractivity contribution in [2.45, 2.75) is 137 Å². The molecular weight excluding hydrogens is 560 g/mol. The number of ether oxygens (including phenoxy) is 2. The van der Waals surface area contributed by atoms with Crippen LogP contribution >= 0.6 is 0 Å². The lowest BCUT2D eigenvalue weighted by Gasteiger charge is -2.48. The van der Waals surface area contributed by atoms with Gasteiger partial charge in [-0.25, -0.2) is 4.79 Å². The number of rotatable bonds is 12. The van der Waals surface area contributed by atoms with Crippen molar-refractivity contribution in [1.29, 1.82) is 0 Å². The zero-order valence-electron chi connectivity index (χ0n) is 28.0. The Balaban J connectivity index is 1.68. The zero-order chi connectivity index (χ0) is 32.8.